The summed E-state index contributed by atoms with van der Waals surface area (Å²) in [7, 11) is -5.16. The van der Waals surface area contributed by atoms with Gasteiger partial charge in [0.15, 0.2) is 0 Å². The lowest BCUT2D eigenvalue weighted by atomic mass is 10.4. The van der Waals surface area contributed by atoms with Crippen molar-refractivity contribution in [2.75, 3.05) is 38.7 Å². The van der Waals surface area contributed by atoms with Crippen LogP contribution in [0.2, 0.25) is 0 Å². The molecule has 11 heteroatoms. The molecule has 0 saturated carbocycles. The highest BCUT2D eigenvalue weighted by Crippen LogP contribution is 1.99. The van der Waals surface area contributed by atoms with E-state index in [1.807, 2.05) is 0 Å². The molecule has 0 aromatic heterocycles. The van der Waals surface area contributed by atoms with Crippen LogP contribution in [0.5, 0.6) is 0 Å². The summed E-state index contributed by atoms with van der Waals surface area (Å²) in [6, 6.07) is -0.407. The van der Waals surface area contributed by atoms with E-state index in [2.05, 4.69) is 0 Å². The fourth-order valence-corrected chi connectivity index (χ4v) is 2.44. The molecule has 0 radical (unpaired) electrons. The molecule has 0 aliphatic rings. The van der Waals surface area contributed by atoms with Gasteiger partial charge in [0.05, 0.1) is 11.5 Å². The summed E-state index contributed by atoms with van der Waals surface area (Å²) in [5.74, 6) is -0.867. The molecule has 0 aliphatic heterocycles. The zero-order valence-electron chi connectivity index (χ0n) is 11.4. The first kappa shape index (κ1) is 19.1. The van der Waals surface area contributed by atoms with E-state index in [1.54, 1.807) is 0 Å². The van der Waals surface area contributed by atoms with E-state index in [9.17, 15) is 21.6 Å². The van der Waals surface area contributed by atoms with Crippen LogP contribution < -0.4 is 0 Å². The molecule has 0 unspecified atom stereocenters. The van der Waals surface area contributed by atoms with Crippen molar-refractivity contribution in [2.45, 2.75) is 12.8 Å². The summed E-state index contributed by atoms with van der Waals surface area (Å²) in [4.78, 5) is 14.3. The molecule has 0 spiro atoms. The summed E-state index contributed by atoms with van der Waals surface area (Å²) in [6.45, 7) is 0.280. The number of carbonyl (C=O) groups is 1. The average molecular weight is 332 g/mol. The maximum Gasteiger partial charge on any atom is 0.319 e. The molecule has 0 rings (SSSR count). The van der Waals surface area contributed by atoms with Crippen LogP contribution in [-0.4, -0.2) is 80.5 Å². The SMILES string of the molecule is CN(CCCS(=O)(=O)O)C(=O)N(C)CCCS(=O)(=O)O. The van der Waals surface area contributed by atoms with Crippen molar-refractivity contribution >= 4 is 26.3 Å². The summed E-state index contributed by atoms with van der Waals surface area (Å²) in [5.41, 5.74) is 0. The second-order valence-corrected chi connectivity index (χ2v) is 7.55. The first-order valence-corrected chi connectivity index (χ1v) is 9.01. The number of carbonyl (C=O) groups excluding carboxylic acids is 1. The molecule has 120 valence electrons. The second-order valence-electron chi connectivity index (χ2n) is 4.40. The zero-order chi connectivity index (χ0) is 16.0. The van der Waals surface area contributed by atoms with Crippen LogP contribution in [0, 0.1) is 0 Å². The van der Waals surface area contributed by atoms with Crippen molar-refractivity contribution < 1.29 is 30.7 Å². The Bertz CT molecular complexity index is 468. The van der Waals surface area contributed by atoms with Gasteiger partial charge in [-0.05, 0) is 12.8 Å². The van der Waals surface area contributed by atoms with Crippen LogP contribution in [0.1, 0.15) is 12.8 Å². The molecule has 0 saturated heterocycles. The van der Waals surface area contributed by atoms with E-state index in [1.165, 1.54) is 23.9 Å². The van der Waals surface area contributed by atoms with Crippen LogP contribution >= 0.6 is 0 Å². The minimum absolute atomic E-state index is 0.0972. The van der Waals surface area contributed by atoms with Gasteiger partial charge < -0.3 is 9.80 Å². The number of rotatable bonds is 8. The Morgan fingerprint density at radius 3 is 1.40 bits per heavy atom. The van der Waals surface area contributed by atoms with Gasteiger partial charge in [-0.2, -0.15) is 16.8 Å². The van der Waals surface area contributed by atoms with Gasteiger partial charge in [0.25, 0.3) is 20.2 Å². The predicted octanol–water partition coefficient (Wildman–Crippen LogP) is -0.474. The molecule has 0 bridgehead atoms. The molecular formula is C9H20N2O7S2. The molecule has 9 nitrogen and oxygen atoms in total. The normalized spacial score (nSPS) is 12.2. The van der Waals surface area contributed by atoms with E-state index >= 15 is 0 Å². The van der Waals surface area contributed by atoms with E-state index in [0.29, 0.717) is 0 Å². The predicted molar refractivity (Wildman–Crippen MR) is 72.7 cm³/mol. The Kier molecular flexibility index (Phi) is 7.41. The summed E-state index contributed by atoms with van der Waals surface area (Å²) in [6.07, 6.45) is 0.194. The van der Waals surface area contributed by atoms with Gasteiger partial charge in [0.2, 0.25) is 0 Å². The second kappa shape index (κ2) is 7.76. The standard InChI is InChI=1S/C9H20N2O7S2/c1-10(5-3-7-19(13,14)15)9(12)11(2)6-4-8-20(16,17)18/h3-8H2,1-2H3,(H,13,14,15)(H,16,17,18). The Morgan fingerprint density at radius 1 is 0.850 bits per heavy atom. The van der Waals surface area contributed by atoms with Crippen molar-refractivity contribution in [3.05, 3.63) is 0 Å². The van der Waals surface area contributed by atoms with Crippen LogP contribution in [0.25, 0.3) is 0 Å². The minimum Gasteiger partial charge on any atom is -0.328 e. The van der Waals surface area contributed by atoms with Crippen molar-refractivity contribution in [1.82, 2.24) is 9.80 Å². The molecule has 0 aliphatic carbocycles. The highest BCUT2D eigenvalue weighted by atomic mass is 32.2. The van der Waals surface area contributed by atoms with Crippen LogP contribution in [0.15, 0.2) is 0 Å². The van der Waals surface area contributed by atoms with Crippen molar-refractivity contribution in [2.24, 2.45) is 0 Å². The zero-order valence-corrected chi connectivity index (χ0v) is 13.0. The highest BCUT2D eigenvalue weighted by Gasteiger charge is 2.15. The molecule has 0 atom stereocenters. The third kappa shape index (κ3) is 9.95. The minimum atomic E-state index is -4.04. The fraction of sp³-hybridized carbons (Fsp3) is 0.889. The van der Waals surface area contributed by atoms with E-state index in [0.717, 1.165) is 0 Å². The van der Waals surface area contributed by atoms with Gasteiger partial charge in [-0.1, -0.05) is 0 Å². The topological polar surface area (TPSA) is 132 Å². The van der Waals surface area contributed by atoms with Crippen LogP contribution in [0.4, 0.5) is 4.79 Å². The summed E-state index contributed by atoms with van der Waals surface area (Å²) in [5, 5.41) is 0. The largest absolute Gasteiger partial charge is 0.328 e. The molecule has 0 heterocycles. The van der Waals surface area contributed by atoms with Crippen LogP contribution in [-0.2, 0) is 20.2 Å². The average Bonchev–Trinajstić information content (AvgIpc) is 2.24. The lowest BCUT2D eigenvalue weighted by molar-refractivity contribution is 0.173. The molecular weight excluding hydrogens is 312 g/mol. The third-order valence-corrected chi connectivity index (χ3v) is 4.05. The molecule has 0 aromatic carbocycles. The Labute approximate surface area is 119 Å². The number of nitrogens with zero attached hydrogens (tertiary/aromatic N) is 2. The summed E-state index contributed by atoms with van der Waals surface area (Å²) < 4.78 is 59.1. The van der Waals surface area contributed by atoms with Gasteiger partial charge in [-0.3, -0.25) is 9.11 Å². The van der Waals surface area contributed by atoms with Gasteiger partial charge in [-0.25, -0.2) is 4.79 Å². The van der Waals surface area contributed by atoms with E-state index < -0.39 is 37.8 Å². The fourth-order valence-electron chi connectivity index (χ4n) is 1.45. The molecule has 2 N–H and O–H groups in total. The number of hydrogen-bond acceptors (Lipinski definition) is 5. The van der Waals surface area contributed by atoms with Crippen molar-refractivity contribution in [3.63, 3.8) is 0 Å². The Hall–Kier alpha value is -0.910. The first-order chi connectivity index (χ1) is 8.92. The maximum absolute atomic E-state index is 11.8. The number of urea groups is 1. The Morgan fingerprint density at radius 2 is 1.15 bits per heavy atom. The van der Waals surface area contributed by atoms with E-state index in [4.69, 9.17) is 9.11 Å². The first-order valence-electron chi connectivity index (χ1n) is 5.79. The maximum atomic E-state index is 11.8. The van der Waals surface area contributed by atoms with Crippen LogP contribution in [0.3, 0.4) is 0 Å². The third-order valence-electron chi connectivity index (χ3n) is 2.44. The molecule has 2 amide bonds. The Balaban J connectivity index is 4.10. The lowest BCUT2D eigenvalue weighted by Gasteiger charge is -2.24. The van der Waals surface area contributed by atoms with Gasteiger partial charge >= 0.3 is 6.03 Å². The highest BCUT2D eigenvalue weighted by molar-refractivity contribution is 7.86. The van der Waals surface area contributed by atoms with E-state index in [-0.39, 0.29) is 25.9 Å². The van der Waals surface area contributed by atoms with Crippen molar-refractivity contribution in [1.29, 1.82) is 0 Å². The molecule has 20 heavy (non-hydrogen) atoms. The smallest absolute Gasteiger partial charge is 0.319 e. The number of amides is 2. The monoisotopic (exact) mass is 332 g/mol. The molecule has 0 aromatic rings. The lowest BCUT2D eigenvalue weighted by Crippen LogP contribution is -2.40. The quantitative estimate of drug-likeness (QED) is 0.574. The molecule has 0 fully saturated rings. The summed E-state index contributed by atoms with van der Waals surface area (Å²) >= 11 is 0. The van der Waals surface area contributed by atoms with Gasteiger partial charge in [0.1, 0.15) is 0 Å². The van der Waals surface area contributed by atoms with Crippen molar-refractivity contribution in [3.8, 4) is 0 Å². The van der Waals surface area contributed by atoms with Gasteiger partial charge in [0, 0.05) is 27.2 Å². The number of hydrogen-bond donors (Lipinski definition) is 2. The van der Waals surface area contributed by atoms with Gasteiger partial charge in [-0.15, -0.1) is 0 Å².